The van der Waals surface area contributed by atoms with Crippen molar-refractivity contribution in [3.63, 3.8) is 0 Å². The maximum atomic E-state index is 13.5. The van der Waals surface area contributed by atoms with Gasteiger partial charge in [0, 0.05) is 19.3 Å². The maximum absolute atomic E-state index is 13.5. The van der Waals surface area contributed by atoms with Gasteiger partial charge in [0.1, 0.15) is 16.4 Å². The summed E-state index contributed by atoms with van der Waals surface area (Å²) in [7, 11) is -3.89. The highest BCUT2D eigenvalue weighted by Crippen LogP contribution is 2.21. The van der Waals surface area contributed by atoms with Crippen molar-refractivity contribution in [3.05, 3.63) is 47.5 Å². The lowest BCUT2D eigenvalue weighted by Crippen LogP contribution is -2.22. The number of hydrogen-bond acceptors (Lipinski definition) is 3. The molecule has 0 unspecified atom stereocenters. The molecule has 3 rings (SSSR count). The number of carbonyl (C=O) groups is 1. The van der Waals surface area contributed by atoms with Gasteiger partial charge in [0.05, 0.1) is 5.69 Å². The minimum absolute atomic E-state index is 0.0227. The summed E-state index contributed by atoms with van der Waals surface area (Å²) in [6, 6.07) is 5.44. The van der Waals surface area contributed by atoms with Gasteiger partial charge in [-0.25, -0.2) is 12.8 Å². The average Bonchev–Trinajstić information content (AvgIpc) is 2.85. The number of anilines is 1. The zero-order valence-electron chi connectivity index (χ0n) is 12.5. The minimum atomic E-state index is -3.89. The standard InChI is InChI=1S/C15H16FN3O3S/c1-10-3-4-11(7-13(10)16)18-23(21,22)12-8-14-15(20)17-5-2-6-19(14)9-12/h3-4,7-9,18H,2,5-6H2,1H3,(H,17,20). The molecule has 0 fully saturated rings. The number of sulfonamides is 1. The normalized spacial score (nSPS) is 14.8. The number of nitrogens with zero attached hydrogens (tertiary/aromatic N) is 1. The Labute approximate surface area is 133 Å². The molecule has 0 bridgehead atoms. The van der Waals surface area contributed by atoms with Crippen LogP contribution in [0.1, 0.15) is 22.5 Å². The molecule has 1 aliphatic heterocycles. The van der Waals surface area contributed by atoms with Crippen LogP contribution in [0.2, 0.25) is 0 Å². The van der Waals surface area contributed by atoms with Gasteiger partial charge < -0.3 is 9.88 Å². The summed E-state index contributed by atoms with van der Waals surface area (Å²) in [5, 5.41) is 2.70. The molecule has 2 aromatic rings. The molecule has 2 heterocycles. The molecular weight excluding hydrogens is 321 g/mol. The highest BCUT2D eigenvalue weighted by molar-refractivity contribution is 7.92. The Bertz CT molecular complexity index is 874. The number of nitrogens with one attached hydrogen (secondary N) is 2. The number of halogens is 1. The number of carbonyl (C=O) groups excluding carboxylic acids is 1. The zero-order chi connectivity index (χ0) is 16.6. The second-order valence-electron chi connectivity index (χ2n) is 5.43. The summed E-state index contributed by atoms with van der Waals surface area (Å²) in [5.41, 5.74) is 0.872. The fourth-order valence-corrected chi connectivity index (χ4v) is 3.51. The van der Waals surface area contributed by atoms with E-state index >= 15 is 0 Å². The summed E-state index contributed by atoms with van der Waals surface area (Å²) in [6.45, 7) is 2.71. The largest absolute Gasteiger partial charge is 0.351 e. The molecule has 1 aliphatic rings. The van der Waals surface area contributed by atoms with Crippen LogP contribution >= 0.6 is 0 Å². The second-order valence-corrected chi connectivity index (χ2v) is 7.12. The predicted molar refractivity (Wildman–Crippen MR) is 83.3 cm³/mol. The molecule has 0 radical (unpaired) electrons. The molecule has 0 aliphatic carbocycles. The Kier molecular flexibility index (Phi) is 3.85. The number of hydrogen-bond donors (Lipinski definition) is 2. The van der Waals surface area contributed by atoms with Gasteiger partial charge in [0.15, 0.2) is 0 Å². The topological polar surface area (TPSA) is 80.2 Å². The molecule has 6 nitrogen and oxygen atoms in total. The molecule has 0 spiro atoms. The third-order valence-electron chi connectivity index (χ3n) is 3.70. The van der Waals surface area contributed by atoms with Crippen LogP contribution in [0, 0.1) is 12.7 Å². The van der Waals surface area contributed by atoms with Crippen molar-refractivity contribution in [2.24, 2.45) is 0 Å². The van der Waals surface area contributed by atoms with E-state index in [1.165, 1.54) is 24.4 Å². The first kappa shape index (κ1) is 15.5. The number of benzene rings is 1. The van der Waals surface area contributed by atoms with E-state index in [1.807, 2.05) is 0 Å². The first-order chi connectivity index (χ1) is 10.9. The fraction of sp³-hybridized carbons (Fsp3) is 0.267. The Hall–Kier alpha value is -2.35. The SMILES string of the molecule is Cc1ccc(NS(=O)(=O)c2cc3n(c2)CCCNC3=O)cc1F. The number of aryl methyl sites for hydroxylation is 2. The Morgan fingerprint density at radius 1 is 1.30 bits per heavy atom. The summed E-state index contributed by atoms with van der Waals surface area (Å²) in [4.78, 5) is 11.9. The molecule has 1 aromatic carbocycles. The van der Waals surface area contributed by atoms with Gasteiger partial charge in [-0.05, 0) is 37.1 Å². The van der Waals surface area contributed by atoms with Gasteiger partial charge in [-0.3, -0.25) is 9.52 Å². The Morgan fingerprint density at radius 3 is 2.83 bits per heavy atom. The summed E-state index contributed by atoms with van der Waals surface area (Å²) in [5.74, 6) is -0.789. The fourth-order valence-electron chi connectivity index (χ4n) is 2.42. The molecule has 122 valence electrons. The van der Waals surface area contributed by atoms with E-state index in [0.29, 0.717) is 24.3 Å². The van der Waals surface area contributed by atoms with E-state index in [1.54, 1.807) is 11.5 Å². The van der Waals surface area contributed by atoms with Gasteiger partial charge in [-0.15, -0.1) is 0 Å². The predicted octanol–water partition coefficient (Wildman–Crippen LogP) is 1.87. The van der Waals surface area contributed by atoms with Crippen molar-refractivity contribution in [2.45, 2.75) is 24.8 Å². The lowest BCUT2D eigenvalue weighted by atomic mass is 10.2. The lowest BCUT2D eigenvalue weighted by molar-refractivity contribution is 0.0951. The summed E-state index contributed by atoms with van der Waals surface area (Å²) in [6.07, 6.45) is 2.15. The zero-order valence-corrected chi connectivity index (χ0v) is 13.3. The van der Waals surface area contributed by atoms with Gasteiger partial charge in [0.2, 0.25) is 0 Å². The van der Waals surface area contributed by atoms with E-state index < -0.39 is 15.8 Å². The van der Waals surface area contributed by atoms with Crippen molar-refractivity contribution in [3.8, 4) is 0 Å². The molecule has 0 saturated carbocycles. The number of fused-ring (bicyclic) bond motifs is 1. The molecule has 23 heavy (non-hydrogen) atoms. The third-order valence-corrected chi connectivity index (χ3v) is 5.05. The smallest absolute Gasteiger partial charge is 0.267 e. The number of rotatable bonds is 3. The van der Waals surface area contributed by atoms with E-state index in [0.717, 1.165) is 12.5 Å². The molecule has 1 aromatic heterocycles. The lowest BCUT2D eigenvalue weighted by Gasteiger charge is -2.07. The van der Waals surface area contributed by atoms with Crippen molar-refractivity contribution < 1.29 is 17.6 Å². The highest BCUT2D eigenvalue weighted by Gasteiger charge is 2.23. The minimum Gasteiger partial charge on any atom is -0.351 e. The first-order valence-electron chi connectivity index (χ1n) is 7.14. The number of aromatic nitrogens is 1. The van der Waals surface area contributed by atoms with Crippen LogP contribution in [-0.4, -0.2) is 25.4 Å². The van der Waals surface area contributed by atoms with Crippen molar-refractivity contribution in [1.82, 2.24) is 9.88 Å². The van der Waals surface area contributed by atoms with Crippen LogP contribution < -0.4 is 10.0 Å². The van der Waals surface area contributed by atoms with Crippen LogP contribution in [0.15, 0.2) is 35.4 Å². The van der Waals surface area contributed by atoms with Gasteiger partial charge >= 0.3 is 0 Å². The molecule has 2 N–H and O–H groups in total. The maximum Gasteiger partial charge on any atom is 0.267 e. The number of amides is 1. The first-order valence-corrected chi connectivity index (χ1v) is 8.62. The highest BCUT2D eigenvalue weighted by atomic mass is 32.2. The second kappa shape index (κ2) is 5.69. The molecule has 8 heteroatoms. The third kappa shape index (κ3) is 3.07. The van der Waals surface area contributed by atoms with Crippen LogP contribution in [0.4, 0.5) is 10.1 Å². The van der Waals surface area contributed by atoms with E-state index in [9.17, 15) is 17.6 Å². The van der Waals surface area contributed by atoms with E-state index in [2.05, 4.69) is 10.0 Å². The van der Waals surface area contributed by atoms with Gasteiger partial charge in [0.25, 0.3) is 15.9 Å². The van der Waals surface area contributed by atoms with Crippen LogP contribution in [0.3, 0.4) is 0 Å². The van der Waals surface area contributed by atoms with Crippen LogP contribution in [0.25, 0.3) is 0 Å². The van der Waals surface area contributed by atoms with E-state index in [-0.39, 0.29) is 16.5 Å². The molecule has 1 amide bonds. The summed E-state index contributed by atoms with van der Waals surface area (Å²) < 4.78 is 42.4. The monoisotopic (exact) mass is 337 g/mol. The molecule has 0 saturated heterocycles. The van der Waals surface area contributed by atoms with Crippen molar-refractivity contribution >= 4 is 21.6 Å². The average molecular weight is 337 g/mol. The van der Waals surface area contributed by atoms with Crippen molar-refractivity contribution in [2.75, 3.05) is 11.3 Å². The van der Waals surface area contributed by atoms with Gasteiger partial charge in [-0.2, -0.15) is 0 Å². The quantitative estimate of drug-likeness (QED) is 0.897. The van der Waals surface area contributed by atoms with Crippen LogP contribution in [-0.2, 0) is 16.6 Å². The summed E-state index contributed by atoms with van der Waals surface area (Å²) >= 11 is 0. The van der Waals surface area contributed by atoms with E-state index in [4.69, 9.17) is 0 Å². The Morgan fingerprint density at radius 2 is 2.09 bits per heavy atom. The molecule has 0 atom stereocenters. The van der Waals surface area contributed by atoms with Crippen molar-refractivity contribution in [1.29, 1.82) is 0 Å². The molecular formula is C15H16FN3O3S. The van der Waals surface area contributed by atoms with Gasteiger partial charge in [-0.1, -0.05) is 6.07 Å². The van der Waals surface area contributed by atoms with Crippen LogP contribution in [0.5, 0.6) is 0 Å². The Balaban J connectivity index is 1.92.